The maximum Gasteiger partial charge on any atom is 0.165 e. The molecule has 2 aromatic carbocycles. The smallest absolute Gasteiger partial charge is 0.165 e. The van der Waals surface area contributed by atoms with E-state index in [4.69, 9.17) is 10.5 Å². The molecule has 0 aliphatic heterocycles. The van der Waals surface area contributed by atoms with Crippen LogP contribution in [0.4, 0.5) is 4.39 Å². The molecule has 0 saturated heterocycles. The fourth-order valence-electron chi connectivity index (χ4n) is 1.61. The Morgan fingerprint density at radius 2 is 2.00 bits per heavy atom. The lowest BCUT2D eigenvalue weighted by Crippen LogP contribution is -2.02. The molecule has 2 N–H and O–H groups in total. The van der Waals surface area contributed by atoms with E-state index in [9.17, 15) is 4.39 Å². The summed E-state index contributed by atoms with van der Waals surface area (Å²) in [5.41, 5.74) is 6.57. The molecule has 0 saturated carbocycles. The topological polar surface area (TPSA) is 35.2 Å². The molecular formula is C14H13BrFNO. The third-order valence-corrected chi connectivity index (χ3v) is 2.95. The zero-order valence-corrected chi connectivity index (χ0v) is 11.3. The number of hydrogen-bond acceptors (Lipinski definition) is 2. The zero-order chi connectivity index (χ0) is 13.0. The number of benzene rings is 2. The molecule has 0 aliphatic rings. The first-order chi connectivity index (χ1) is 8.69. The molecule has 0 unspecified atom stereocenters. The van der Waals surface area contributed by atoms with Gasteiger partial charge in [0, 0.05) is 4.47 Å². The highest BCUT2D eigenvalue weighted by molar-refractivity contribution is 9.10. The minimum Gasteiger partial charge on any atom is -0.454 e. The van der Waals surface area contributed by atoms with E-state index in [1.165, 1.54) is 6.07 Å². The summed E-state index contributed by atoms with van der Waals surface area (Å²) in [6.45, 7) is 0.578. The van der Waals surface area contributed by atoms with Crippen LogP contribution in [0.2, 0.25) is 0 Å². The molecule has 0 atom stereocenters. The van der Waals surface area contributed by atoms with Crippen molar-refractivity contribution in [2.24, 2.45) is 5.73 Å². The van der Waals surface area contributed by atoms with Gasteiger partial charge in [-0.1, -0.05) is 28.1 Å². The minimum atomic E-state index is -0.387. The van der Waals surface area contributed by atoms with E-state index < -0.39 is 0 Å². The van der Waals surface area contributed by atoms with Crippen LogP contribution in [0.15, 0.2) is 46.9 Å². The van der Waals surface area contributed by atoms with Crippen molar-refractivity contribution in [1.82, 2.24) is 0 Å². The fourth-order valence-corrected chi connectivity index (χ4v) is 1.95. The molecule has 2 nitrogen and oxygen atoms in total. The maximum atomic E-state index is 13.5. The first-order valence-corrected chi connectivity index (χ1v) is 6.40. The van der Waals surface area contributed by atoms with Gasteiger partial charge in [0.1, 0.15) is 5.75 Å². The third kappa shape index (κ3) is 3.31. The van der Waals surface area contributed by atoms with Crippen LogP contribution in [0.1, 0.15) is 5.56 Å². The van der Waals surface area contributed by atoms with Gasteiger partial charge in [0.2, 0.25) is 0 Å². The Labute approximate surface area is 114 Å². The van der Waals surface area contributed by atoms with Gasteiger partial charge in [-0.3, -0.25) is 0 Å². The van der Waals surface area contributed by atoms with Crippen molar-refractivity contribution in [3.8, 4) is 11.5 Å². The molecule has 4 heteroatoms. The average Bonchev–Trinajstić information content (AvgIpc) is 2.35. The van der Waals surface area contributed by atoms with Crippen molar-refractivity contribution in [2.45, 2.75) is 6.42 Å². The molecule has 0 fully saturated rings. The van der Waals surface area contributed by atoms with E-state index in [0.717, 1.165) is 16.5 Å². The summed E-state index contributed by atoms with van der Waals surface area (Å²) >= 11 is 3.29. The monoisotopic (exact) mass is 309 g/mol. The summed E-state index contributed by atoms with van der Waals surface area (Å²) in [6.07, 6.45) is 0.776. The molecule has 0 spiro atoms. The predicted octanol–water partition coefficient (Wildman–Crippen LogP) is 3.88. The molecule has 0 aliphatic carbocycles. The van der Waals surface area contributed by atoms with Crippen LogP contribution >= 0.6 is 15.9 Å². The largest absolute Gasteiger partial charge is 0.454 e. The van der Waals surface area contributed by atoms with Gasteiger partial charge in [0.25, 0.3) is 0 Å². The summed E-state index contributed by atoms with van der Waals surface area (Å²) in [5.74, 6) is 0.426. The Hall–Kier alpha value is -1.39. The lowest BCUT2D eigenvalue weighted by Gasteiger charge is -2.08. The third-order valence-electron chi connectivity index (χ3n) is 2.45. The first-order valence-electron chi connectivity index (χ1n) is 5.61. The summed E-state index contributed by atoms with van der Waals surface area (Å²) in [7, 11) is 0. The van der Waals surface area contributed by atoms with Gasteiger partial charge in [-0.25, -0.2) is 4.39 Å². The van der Waals surface area contributed by atoms with Crippen molar-refractivity contribution in [1.29, 1.82) is 0 Å². The van der Waals surface area contributed by atoms with E-state index in [2.05, 4.69) is 15.9 Å². The second-order valence-electron chi connectivity index (χ2n) is 3.86. The summed E-state index contributed by atoms with van der Waals surface area (Å²) in [5, 5.41) is 0. The molecule has 0 aromatic heterocycles. The molecule has 0 bridgehead atoms. The molecule has 0 radical (unpaired) electrons. The van der Waals surface area contributed by atoms with Gasteiger partial charge in [-0.05, 0) is 48.9 Å². The number of nitrogens with two attached hydrogens (primary N) is 1. The van der Waals surface area contributed by atoms with Crippen molar-refractivity contribution in [3.63, 3.8) is 0 Å². The lowest BCUT2D eigenvalue weighted by atomic mass is 10.1. The predicted molar refractivity (Wildman–Crippen MR) is 73.4 cm³/mol. The highest BCUT2D eigenvalue weighted by Crippen LogP contribution is 2.27. The average molecular weight is 310 g/mol. The van der Waals surface area contributed by atoms with Gasteiger partial charge in [0.15, 0.2) is 11.6 Å². The van der Waals surface area contributed by atoms with Crippen molar-refractivity contribution in [2.75, 3.05) is 6.54 Å². The van der Waals surface area contributed by atoms with Gasteiger partial charge in [-0.2, -0.15) is 0 Å². The van der Waals surface area contributed by atoms with Gasteiger partial charge in [0.05, 0.1) is 0 Å². The standard InChI is InChI=1S/C14H13BrFNO/c15-11-4-5-13(16)14(9-11)18-12-3-1-2-10(8-12)6-7-17/h1-5,8-9H,6-7,17H2. The molecule has 18 heavy (non-hydrogen) atoms. The summed E-state index contributed by atoms with van der Waals surface area (Å²) < 4.78 is 19.8. The van der Waals surface area contributed by atoms with Crippen LogP contribution in [0.3, 0.4) is 0 Å². The number of ether oxygens (including phenoxy) is 1. The highest BCUT2D eigenvalue weighted by Gasteiger charge is 2.05. The fraction of sp³-hybridized carbons (Fsp3) is 0.143. The van der Waals surface area contributed by atoms with Crippen LogP contribution in [0, 0.1) is 5.82 Å². The second kappa shape index (κ2) is 5.98. The number of halogens is 2. The number of hydrogen-bond donors (Lipinski definition) is 1. The number of rotatable bonds is 4. The van der Waals surface area contributed by atoms with Crippen LogP contribution in [0.25, 0.3) is 0 Å². The first kappa shape index (κ1) is 13.1. The van der Waals surface area contributed by atoms with Crippen molar-refractivity contribution in [3.05, 3.63) is 58.3 Å². The molecule has 0 heterocycles. The second-order valence-corrected chi connectivity index (χ2v) is 4.78. The summed E-state index contributed by atoms with van der Waals surface area (Å²) in [6, 6.07) is 12.1. The molecule has 2 rings (SSSR count). The molecule has 2 aromatic rings. The van der Waals surface area contributed by atoms with Crippen LogP contribution in [-0.2, 0) is 6.42 Å². The molecule has 94 valence electrons. The van der Waals surface area contributed by atoms with E-state index in [1.54, 1.807) is 18.2 Å². The zero-order valence-electron chi connectivity index (χ0n) is 9.70. The van der Waals surface area contributed by atoms with E-state index >= 15 is 0 Å². The van der Waals surface area contributed by atoms with Crippen LogP contribution in [-0.4, -0.2) is 6.54 Å². The van der Waals surface area contributed by atoms with Crippen molar-refractivity contribution >= 4 is 15.9 Å². The Balaban J connectivity index is 2.22. The Kier molecular flexibility index (Phi) is 4.33. The lowest BCUT2D eigenvalue weighted by molar-refractivity contribution is 0.441. The minimum absolute atomic E-state index is 0.203. The summed E-state index contributed by atoms with van der Waals surface area (Å²) in [4.78, 5) is 0. The van der Waals surface area contributed by atoms with E-state index in [-0.39, 0.29) is 11.6 Å². The van der Waals surface area contributed by atoms with E-state index in [0.29, 0.717) is 12.3 Å². The molecular weight excluding hydrogens is 297 g/mol. The maximum absolute atomic E-state index is 13.5. The van der Waals surface area contributed by atoms with E-state index in [1.807, 2.05) is 18.2 Å². The molecule has 0 amide bonds. The SMILES string of the molecule is NCCc1cccc(Oc2cc(Br)ccc2F)c1. The highest BCUT2D eigenvalue weighted by atomic mass is 79.9. The van der Waals surface area contributed by atoms with Crippen LogP contribution < -0.4 is 10.5 Å². The normalized spacial score (nSPS) is 10.4. The quantitative estimate of drug-likeness (QED) is 0.930. The Morgan fingerprint density at radius 1 is 1.17 bits per heavy atom. The van der Waals surface area contributed by atoms with Crippen LogP contribution in [0.5, 0.6) is 11.5 Å². The van der Waals surface area contributed by atoms with Gasteiger partial charge >= 0.3 is 0 Å². The van der Waals surface area contributed by atoms with Gasteiger partial charge < -0.3 is 10.5 Å². The van der Waals surface area contributed by atoms with Gasteiger partial charge in [-0.15, -0.1) is 0 Å². The van der Waals surface area contributed by atoms with Crippen molar-refractivity contribution < 1.29 is 9.13 Å². The Bertz CT molecular complexity index is 545. The Morgan fingerprint density at radius 3 is 2.78 bits per heavy atom.